The summed E-state index contributed by atoms with van der Waals surface area (Å²) in [5.74, 6) is -0.998. The second-order valence-electron chi connectivity index (χ2n) is 2.54. The number of rotatable bonds is 3. The molecule has 0 aliphatic heterocycles. The van der Waals surface area contributed by atoms with Crippen LogP contribution in [0.25, 0.3) is 6.08 Å². The fourth-order valence-corrected chi connectivity index (χ4v) is 0.844. The number of hydrogen-bond acceptors (Lipinski definition) is 3. The molecule has 0 atom stereocenters. The molecule has 0 spiro atoms. The van der Waals surface area contributed by atoms with Crippen molar-refractivity contribution < 1.29 is 9.90 Å². The van der Waals surface area contributed by atoms with E-state index in [1.807, 2.05) is 0 Å². The normalized spacial score (nSPS) is 10.6. The molecule has 0 aromatic carbocycles. The molecule has 0 aliphatic carbocycles. The van der Waals surface area contributed by atoms with Crippen LogP contribution in [-0.4, -0.2) is 21.3 Å². The van der Waals surface area contributed by atoms with E-state index >= 15 is 0 Å². The van der Waals surface area contributed by atoms with Crippen LogP contribution < -0.4 is 11.1 Å². The number of H-pyrrole nitrogens is 2. The van der Waals surface area contributed by atoms with Crippen molar-refractivity contribution in [2.24, 2.45) is 0 Å². The number of aromatic nitrogens is 2. The Bertz CT molecular complexity index is 469. The average molecular weight is 196 g/mol. The molecule has 0 fully saturated rings. The van der Waals surface area contributed by atoms with Gasteiger partial charge >= 0.3 is 5.97 Å². The Morgan fingerprint density at radius 1 is 1.43 bits per heavy atom. The van der Waals surface area contributed by atoms with E-state index in [2.05, 4.69) is 10.2 Å². The van der Waals surface area contributed by atoms with E-state index in [1.54, 1.807) is 0 Å². The molecule has 0 aliphatic rings. The van der Waals surface area contributed by atoms with Crippen LogP contribution in [0.3, 0.4) is 0 Å². The van der Waals surface area contributed by atoms with Gasteiger partial charge in [-0.3, -0.25) is 24.6 Å². The molecule has 74 valence electrons. The summed E-state index contributed by atoms with van der Waals surface area (Å²) < 4.78 is 0. The third kappa shape index (κ3) is 2.74. The number of aliphatic carboxylic acids is 1. The number of aromatic amines is 2. The summed E-state index contributed by atoms with van der Waals surface area (Å²) >= 11 is 0. The van der Waals surface area contributed by atoms with Crippen LogP contribution in [-0.2, 0) is 4.79 Å². The van der Waals surface area contributed by atoms with Gasteiger partial charge in [0.2, 0.25) is 0 Å². The van der Waals surface area contributed by atoms with Crippen molar-refractivity contribution in [1.29, 1.82) is 0 Å². The quantitative estimate of drug-likeness (QED) is 0.609. The lowest BCUT2D eigenvalue weighted by atomic mass is 10.2. The van der Waals surface area contributed by atoms with Gasteiger partial charge in [-0.05, 0) is 0 Å². The SMILES string of the molecule is O=C(O)CC=Cc1cc(=O)[nH][nH]c1=O. The molecule has 0 unspecified atom stereocenters. The lowest BCUT2D eigenvalue weighted by Gasteiger charge is -1.89. The third-order valence-electron chi connectivity index (χ3n) is 1.44. The Morgan fingerprint density at radius 3 is 2.79 bits per heavy atom. The summed E-state index contributed by atoms with van der Waals surface area (Å²) in [4.78, 5) is 31.9. The topological polar surface area (TPSA) is 103 Å². The van der Waals surface area contributed by atoms with Crippen LogP contribution in [0.15, 0.2) is 21.7 Å². The van der Waals surface area contributed by atoms with Crippen molar-refractivity contribution in [3.63, 3.8) is 0 Å². The summed E-state index contributed by atoms with van der Waals surface area (Å²) in [6, 6.07) is 1.09. The predicted octanol–water partition coefficient (Wildman–Crippen LogP) is -0.449. The van der Waals surface area contributed by atoms with Gasteiger partial charge in [0, 0.05) is 11.6 Å². The lowest BCUT2D eigenvalue weighted by Crippen LogP contribution is -2.19. The van der Waals surface area contributed by atoms with Crippen molar-refractivity contribution in [1.82, 2.24) is 10.2 Å². The van der Waals surface area contributed by atoms with E-state index in [4.69, 9.17) is 5.11 Å². The van der Waals surface area contributed by atoms with Crippen molar-refractivity contribution in [3.8, 4) is 0 Å². The molecule has 6 nitrogen and oxygen atoms in total. The van der Waals surface area contributed by atoms with E-state index in [0.717, 1.165) is 6.07 Å². The highest BCUT2D eigenvalue weighted by atomic mass is 16.4. The zero-order valence-electron chi connectivity index (χ0n) is 7.11. The Morgan fingerprint density at radius 2 is 2.14 bits per heavy atom. The highest BCUT2D eigenvalue weighted by Gasteiger charge is 1.96. The first-order valence-corrected chi connectivity index (χ1v) is 3.80. The van der Waals surface area contributed by atoms with Gasteiger partial charge in [0.25, 0.3) is 11.1 Å². The van der Waals surface area contributed by atoms with E-state index < -0.39 is 17.1 Å². The number of carboxylic acids is 1. The molecular formula is C8H8N2O4. The van der Waals surface area contributed by atoms with Crippen LogP contribution in [0.2, 0.25) is 0 Å². The molecule has 0 saturated carbocycles. The highest BCUT2D eigenvalue weighted by Crippen LogP contribution is 1.91. The smallest absolute Gasteiger partial charge is 0.307 e. The molecule has 1 aromatic heterocycles. The number of carboxylic acid groups (broad SMARTS) is 1. The van der Waals surface area contributed by atoms with Crippen molar-refractivity contribution in [2.45, 2.75) is 6.42 Å². The average Bonchev–Trinajstić information content (AvgIpc) is 2.10. The summed E-state index contributed by atoms with van der Waals surface area (Å²) in [6.07, 6.45) is 2.40. The van der Waals surface area contributed by atoms with E-state index in [9.17, 15) is 14.4 Å². The molecule has 0 saturated heterocycles. The molecule has 3 N–H and O–H groups in total. The molecule has 6 heteroatoms. The van der Waals surface area contributed by atoms with Gasteiger partial charge in [0.05, 0.1) is 6.42 Å². The Kier molecular flexibility index (Phi) is 3.01. The summed E-state index contributed by atoms with van der Waals surface area (Å²) in [5.41, 5.74) is -0.777. The van der Waals surface area contributed by atoms with Crippen LogP contribution in [0, 0.1) is 0 Å². The second-order valence-corrected chi connectivity index (χ2v) is 2.54. The predicted molar refractivity (Wildman–Crippen MR) is 49.0 cm³/mol. The van der Waals surface area contributed by atoms with Crippen LogP contribution >= 0.6 is 0 Å². The lowest BCUT2D eigenvalue weighted by molar-refractivity contribution is -0.135. The van der Waals surface area contributed by atoms with Crippen LogP contribution in [0.5, 0.6) is 0 Å². The first-order valence-electron chi connectivity index (χ1n) is 3.80. The number of hydrogen-bond donors (Lipinski definition) is 3. The van der Waals surface area contributed by atoms with E-state index in [-0.39, 0.29) is 12.0 Å². The largest absolute Gasteiger partial charge is 0.481 e. The molecule has 0 amide bonds. The van der Waals surface area contributed by atoms with Crippen LogP contribution in [0.4, 0.5) is 0 Å². The van der Waals surface area contributed by atoms with Gasteiger partial charge in [0.1, 0.15) is 0 Å². The monoisotopic (exact) mass is 196 g/mol. The maximum Gasteiger partial charge on any atom is 0.307 e. The second kappa shape index (κ2) is 4.22. The highest BCUT2D eigenvalue weighted by molar-refractivity contribution is 5.70. The minimum absolute atomic E-state index is 0.134. The van der Waals surface area contributed by atoms with Gasteiger partial charge in [-0.15, -0.1) is 0 Å². The van der Waals surface area contributed by atoms with Crippen molar-refractivity contribution in [3.05, 3.63) is 38.4 Å². The molecule has 0 bridgehead atoms. The number of nitrogens with one attached hydrogen (secondary N) is 2. The van der Waals surface area contributed by atoms with Crippen molar-refractivity contribution >= 4 is 12.0 Å². The first kappa shape index (κ1) is 9.97. The van der Waals surface area contributed by atoms with Gasteiger partial charge in [-0.2, -0.15) is 0 Å². The Hall–Kier alpha value is -2.11. The van der Waals surface area contributed by atoms with Gasteiger partial charge in [-0.25, -0.2) is 0 Å². The number of carbonyl (C=O) groups is 1. The molecule has 1 rings (SSSR count). The fourth-order valence-electron chi connectivity index (χ4n) is 0.844. The molecule has 1 heterocycles. The van der Waals surface area contributed by atoms with E-state index in [0.29, 0.717) is 0 Å². The molecule has 1 aromatic rings. The Labute approximate surface area is 77.9 Å². The summed E-state index contributed by atoms with van der Waals surface area (Å²) in [7, 11) is 0. The molecule has 0 radical (unpaired) electrons. The first-order chi connectivity index (χ1) is 6.59. The van der Waals surface area contributed by atoms with Crippen molar-refractivity contribution in [2.75, 3.05) is 0 Å². The molecule has 14 heavy (non-hydrogen) atoms. The fraction of sp³-hybridized carbons (Fsp3) is 0.125. The summed E-state index contributed by atoms with van der Waals surface area (Å²) in [6.45, 7) is 0. The van der Waals surface area contributed by atoms with Gasteiger partial charge in [-0.1, -0.05) is 12.2 Å². The maximum atomic E-state index is 11.0. The van der Waals surface area contributed by atoms with Gasteiger partial charge < -0.3 is 5.11 Å². The zero-order chi connectivity index (χ0) is 10.6. The molecular weight excluding hydrogens is 188 g/mol. The Balaban J connectivity index is 2.91. The van der Waals surface area contributed by atoms with E-state index in [1.165, 1.54) is 12.2 Å². The third-order valence-corrected chi connectivity index (χ3v) is 1.44. The zero-order valence-corrected chi connectivity index (χ0v) is 7.11. The van der Waals surface area contributed by atoms with Crippen LogP contribution in [0.1, 0.15) is 12.0 Å². The maximum absolute atomic E-state index is 11.0. The minimum Gasteiger partial charge on any atom is -0.481 e. The minimum atomic E-state index is -0.998. The standard InChI is InChI=1S/C8H8N2O4/c11-6-4-5(8(14)10-9-6)2-1-3-7(12)13/h1-2,4H,3H2,(H,9,11)(H,10,14)(H,12,13). The summed E-state index contributed by atoms with van der Waals surface area (Å²) in [5, 5.41) is 12.5. The van der Waals surface area contributed by atoms with Gasteiger partial charge in [0.15, 0.2) is 0 Å².